The van der Waals surface area contributed by atoms with Crippen molar-refractivity contribution in [1.82, 2.24) is 35.2 Å². The van der Waals surface area contributed by atoms with Crippen LogP contribution in [-0.2, 0) is 12.3 Å². The van der Waals surface area contributed by atoms with Crippen LogP contribution in [0.4, 0.5) is 5.95 Å². The minimum Gasteiger partial charge on any atom is -0.368 e. The number of anilines is 1. The largest absolute Gasteiger partial charge is 0.368 e. The van der Waals surface area contributed by atoms with Crippen LogP contribution in [0.1, 0.15) is 12.7 Å². The topological polar surface area (TPSA) is 108 Å². The van der Waals surface area contributed by atoms with Gasteiger partial charge in [0.2, 0.25) is 5.95 Å². The molecule has 2 aromatic heterocycles. The Balaban J connectivity index is 1.96. The van der Waals surface area contributed by atoms with Crippen LogP contribution in [0.5, 0.6) is 0 Å². The summed E-state index contributed by atoms with van der Waals surface area (Å²) in [4.78, 5) is 13.1. The van der Waals surface area contributed by atoms with Gasteiger partial charge < -0.3 is 5.73 Å². The van der Waals surface area contributed by atoms with Crippen molar-refractivity contribution >= 4 is 17.7 Å². The lowest BCUT2D eigenvalue weighted by Gasteiger charge is -1.96. The normalized spacial score (nSPS) is 10.6. The number of aryl methyl sites for hydroxylation is 1. The Morgan fingerprint density at radius 1 is 1.44 bits per heavy atom. The van der Waals surface area contributed by atoms with E-state index in [1.807, 2.05) is 6.92 Å². The van der Waals surface area contributed by atoms with Crippen LogP contribution in [-0.4, -0.2) is 35.2 Å². The van der Waals surface area contributed by atoms with Crippen LogP contribution in [0.15, 0.2) is 11.5 Å². The average Bonchev–Trinajstić information content (AvgIpc) is 2.74. The fraction of sp³-hybridized carbons (Fsp3) is 0.429. The average molecular weight is 238 g/mol. The monoisotopic (exact) mass is 238 g/mol. The molecule has 0 aliphatic carbocycles. The third-order valence-electron chi connectivity index (χ3n) is 1.68. The molecule has 0 saturated carbocycles. The van der Waals surface area contributed by atoms with Crippen LogP contribution in [0.2, 0.25) is 0 Å². The fourth-order valence-electron chi connectivity index (χ4n) is 0.960. The molecule has 0 atom stereocenters. The van der Waals surface area contributed by atoms with Crippen LogP contribution >= 0.6 is 11.8 Å². The van der Waals surface area contributed by atoms with E-state index in [1.54, 1.807) is 0 Å². The first-order valence-corrected chi connectivity index (χ1v) is 5.60. The zero-order valence-electron chi connectivity index (χ0n) is 8.61. The Kier molecular flexibility index (Phi) is 3.25. The van der Waals surface area contributed by atoms with E-state index < -0.39 is 0 Å². The van der Waals surface area contributed by atoms with Crippen molar-refractivity contribution in [2.24, 2.45) is 0 Å². The first-order valence-electron chi connectivity index (χ1n) is 4.62. The Labute approximate surface area is 95.7 Å². The van der Waals surface area contributed by atoms with Crippen molar-refractivity contribution in [3.63, 3.8) is 0 Å². The summed E-state index contributed by atoms with van der Waals surface area (Å²) in [5.74, 6) is 1.41. The van der Waals surface area contributed by atoms with Crippen LogP contribution in [0, 0.1) is 0 Å². The lowest BCUT2D eigenvalue weighted by atomic mass is 10.7. The second kappa shape index (κ2) is 4.84. The standard InChI is InChI=1S/C7H10N8S/c1-2-15-13-5(12-14-15)3-16-7-10-4-9-6(8)11-7/h4H,2-3H2,1H3,(H2,8,9,10,11). The molecule has 0 aliphatic heterocycles. The molecule has 0 fully saturated rings. The minimum absolute atomic E-state index is 0.211. The summed E-state index contributed by atoms with van der Waals surface area (Å²) in [5.41, 5.74) is 5.43. The van der Waals surface area contributed by atoms with E-state index in [4.69, 9.17) is 5.73 Å². The summed E-state index contributed by atoms with van der Waals surface area (Å²) < 4.78 is 0. The first-order chi connectivity index (χ1) is 7.78. The summed E-state index contributed by atoms with van der Waals surface area (Å²) in [6, 6.07) is 0. The number of tetrazole rings is 1. The number of nitrogens with two attached hydrogens (primary N) is 1. The van der Waals surface area contributed by atoms with Gasteiger partial charge in [-0.2, -0.15) is 9.78 Å². The molecule has 16 heavy (non-hydrogen) atoms. The lowest BCUT2D eigenvalue weighted by molar-refractivity contribution is 0.551. The van der Waals surface area contributed by atoms with E-state index in [-0.39, 0.29) is 5.95 Å². The van der Waals surface area contributed by atoms with Gasteiger partial charge in [-0.05, 0) is 12.1 Å². The molecular formula is C7H10N8S. The molecule has 8 nitrogen and oxygen atoms in total. The van der Waals surface area contributed by atoms with E-state index in [0.717, 1.165) is 0 Å². The number of nitrogens with zero attached hydrogens (tertiary/aromatic N) is 7. The highest BCUT2D eigenvalue weighted by molar-refractivity contribution is 7.98. The fourth-order valence-corrected chi connectivity index (χ4v) is 1.61. The molecule has 0 spiro atoms. The van der Waals surface area contributed by atoms with Gasteiger partial charge in [0.25, 0.3) is 0 Å². The number of thioether (sulfide) groups is 1. The number of hydrogen-bond donors (Lipinski definition) is 1. The molecule has 84 valence electrons. The van der Waals surface area contributed by atoms with E-state index in [1.165, 1.54) is 22.9 Å². The second-order valence-corrected chi connectivity index (χ2v) is 3.75. The highest BCUT2D eigenvalue weighted by Crippen LogP contribution is 2.15. The predicted octanol–water partition coefficient (Wildman–Crippen LogP) is -0.248. The van der Waals surface area contributed by atoms with Crippen molar-refractivity contribution in [3.05, 3.63) is 12.2 Å². The van der Waals surface area contributed by atoms with E-state index in [2.05, 4.69) is 30.4 Å². The highest BCUT2D eigenvalue weighted by atomic mass is 32.2. The molecule has 0 amide bonds. The maximum Gasteiger partial charge on any atom is 0.223 e. The van der Waals surface area contributed by atoms with Gasteiger partial charge in [-0.3, -0.25) is 0 Å². The zero-order valence-corrected chi connectivity index (χ0v) is 9.42. The molecule has 0 aliphatic rings. The molecular weight excluding hydrogens is 228 g/mol. The number of hydrogen-bond acceptors (Lipinski definition) is 8. The van der Waals surface area contributed by atoms with Gasteiger partial charge in [-0.15, -0.1) is 10.2 Å². The van der Waals surface area contributed by atoms with E-state index >= 15 is 0 Å². The van der Waals surface area contributed by atoms with Gasteiger partial charge in [-0.25, -0.2) is 9.97 Å². The summed E-state index contributed by atoms with van der Waals surface area (Å²) >= 11 is 1.39. The SMILES string of the molecule is CCn1nnc(CSc2ncnc(N)n2)n1. The van der Waals surface area contributed by atoms with Crippen molar-refractivity contribution in [3.8, 4) is 0 Å². The van der Waals surface area contributed by atoms with Crippen molar-refractivity contribution in [1.29, 1.82) is 0 Å². The number of aromatic nitrogens is 7. The van der Waals surface area contributed by atoms with Gasteiger partial charge in [0.1, 0.15) is 6.33 Å². The molecule has 2 aromatic rings. The number of rotatable bonds is 4. The van der Waals surface area contributed by atoms with Gasteiger partial charge in [0.15, 0.2) is 11.0 Å². The number of nitrogen functional groups attached to an aromatic ring is 1. The Hall–Kier alpha value is -1.77. The zero-order chi connectivity index (χ0) is 11.4. The van der Waals surface area contributed by atoms with Crippen LogP contribution in [0.3, 0.4) is 0 Å². The summed E-state index contributed by atoms with van der Waals surface area (Å²) in [7, 11) is 0. The van der Waals surface area contributed by atoms with Crippen LogP contribution < -0.4 is 5.73 Å². The predicted molar refractivity (Wildman–Crippen MR) is 57.3 cm³/mol. The molecule has 2 heterocycles. The molecule has 0 saturated heterocycles. The quantitative estimate of drug-likeness (QED) is 0.726. The Morgan fingerprint density at radius 3 is 3.00 bits per heavy atom. The molecule has 0 aromatic carbocycles. The summed E-state index contributed by atoms with van der Waals surface area (Å²) in [6.45, 7) is 2.65. The maximum atomic E-state index is 5.43. The molecule has 0 bridgehead atoms. The van der Waals surface area contributed by atoms with Crippen LogP contribution in [0.25, 0.3) is 0 Å². The van der Waals surface area contributed by atoms with Crippen molar-refractivity contribution in [2.45, 2.75) is 24.4 Å². The van der Waals surface area contributed by atoms with E-state index in [0.29, 0.717) is 23.3 Å². The molecule has 0 radical (unpaired) electrons. The van der Waals surface area contributed by atoms with Gasteiger partial charge >= 0.3 is 0 Å². The summed E-state index contributed by atoms with van der Waals surface area (Å²) in [5, 5.41) is 12.4. The molecule has 0 unspecified atom stereocenters. The minimum atomic E-state index is 0.211. The second-order valence-electron chi connectivity index (χ2n) is 2.81. The van der Waals surface area contributed by atoms with Crippen molar-refractivity contribution in [2.75, 3.05) is 5.73 Å². The third kappa shape index (κ3) is 2.63. The van der Waals surface area contributed by atoms with Gasteiger partial charge in [-0.1, -0.05) is 11.8 Å². The Morgan fingerprint density at radius 2 is 2.31 bits per heavy atom. The third-order valence-corrected chi connectivity index (χ3v) is 2.53. The van der Waals surface area contributed by atoms with Gasteiger partial charge in [0.05, 0.1) is 12.3 Å². The Bertz CT molecular complexity index is 469. The molecule has 2 rings (SSSR count). The van der Waals surface area contributed by atoms with E-state index in [9.17, 15) is 0 Å². The van der Waals surface area contributed by atoms with Crippen molar-refractivity contribution < 1.29 is 0 Å². The highest BCUT2D eigenvalue weighted by Gasteiger charge is 2.04. The van der Waals surface area contributed by atoms with Gasteiger partial charge in [0, 0.05) is 0 Å². The molecule has 2 N–H and O–H groups in total. The first kappa shape index (κ1) is 10.7. The smallest absolute Gasteiger partial charge is 0.223 e. The molecule has 9 heteroatoms. The lowest BCUT2D eigenvalue weighted by Crippen LogP contribution is -1.99. The maximum absolute atomic E-state index is 5.43. The summed E-state index contributed by atoms with van der Waals surface area (Å²) in [6.07, 6.45) is 1.38.